The summed E-state index contributed by atoms with van der Waals surface area (Å²) in [7, 11) is 0. The maximum absolute atomic E-state index is 12.4. The first-order valence-electron chi connectivity index (χ1n) is 7.46. The van der Waals surface area contributed by atoms with Crippen molar-refractivity contribution in [2.24, 2.45) is 0 Å². The zero-order valence-corrected chi connectivity index (χ0v) is 13.7. The van der Waals surface area contributed by atoms with E-state index in [-0.39, 0.29) is 29.9 Å². The maximum Gasteiger partial charge on any atom is 0.261 e. The SMILES string of the molecule is O=C1c2ccccc2C(=O)N1Cc1nc(-c2ccc(O)cc2O)cs1. The standard InChI is InChI=1S/C18H12N2O4S/c21-10-5-6-13(15(22)7-10)14-9-25-16(19-14)8-20-17(23)11-3-1-2-4-12(11)18(20)24/h1-7,9,21-22H,8H2. The molecule has 2 N–H and O–H groups in total. The molecule has 124 valence electrons. The number of aromatic nitrogens is 1. The molecule has 0 radical (unpaired) electrons. The van der Waals surface area contributed by atoms with E-state index < -0.39 is 0 Å². The Bertz CT molecular complexity index is 977. The molecule has 2 heterocycles. The molecular weight excluding hydrogens is 340 g/mol. The summed E-state index contributed by atoms with van der Waals surface area (Å²) in [6, 6.07) is 11.0. The number of rotatable bonds is 3. The van der Waals surface area contributed by atoms with Gasteiger partial charge in [0.05, 0.1) is 23.4 Å². The van der Waals surface area contributed by atoms with Gasteiger partial charge in [0.15, 0.2) is 0 Å². The van der Waals surface area contributed by atoms with Crippen LogP contribution in [0.1, 0.15) is 25.7 Å². The normalized spacial score (nSPS) is 13.4. The van der Waals surface area contributed by atoms with Crippen molar-refractivity contribution in [2.45, 2.75) is 6.54 Å². The molecule has 7 heteroatoms. The first-order chi connectivity index (χ1) is 12.0. The lowest BCUT2D eigenvalue weighted by Gasteiger charge is -2.11. The molecule has 1 aliphatic heterocycles. The van der Waals surface area contributed by atoms with Crippen LogP contribution in [0.3, 0.4) is 0 Å². The number of benzene rings is 2. The number of nitrogens with zero attached hydrogens (tertiary/aromatic N) is 2. The van der Waals surface area contributed by atoms with Crippen molar-refractivity contribution >= 4 is 23.2 Å². The smallest absolute Gasteiger partial charge is 0.261 e. The molecule has 25 heavy (non-hydrogen) atoms. The molecule has 4 rings (SSSR count). The van der Waals surface area contributed by atoms with Gasteiger partial charge in [-0.1, -0.05) is 12.1 Å². The van der Waals surface area contributed by atoms with Crippen molar-refractivity contribution in [3.05, 3.63) is 64.0 Å². The van der Waals surface area contributed by atoms with Gasteiger partial charge in [0, 0.05) is 17.0 Å². The fourth-order valence-electron chi connectivity index (χ4n) is 2.76. The number of amides is 2. The lowest BCUT2D eigenvalue weighted by Crippen LogP contribution is -2.29. The Labute approximate surface area is 146 Å². The van der Waals surface area contributed by atoms with Crippen LogP contribution in [0.25, 0.3) is 11.3 Å². The second kappa shape index (κ2) is 5.71. The quantitative estimate of drug-likeness (QED) is 0.707. The third-order valence-electron chi connectivity index (χ3n) is 3.98. The van der Waals surface area contributed by atoms with Gasteiger partial charge < -0.3 is 10.2 Å². The van der Waals surface area contributed by atoms with Crippen LogP contribution in [0.5, 0.6) is 11.5 Å². The Morgan fingerprint density at radius 2 is 1.64 bits per heavy atom. The van der Waals surface area contributed by atoms with E-state index in [4.69, 9.17) is 0 Å². The lowest BCUT2D eigenvalue weighted by atomic mass is 10.1. The molecule has 2 amide bonds. The van der Waals surface area contributed by atoms with Crippen molar-refractivity contribution in [1.82, 2.24) is 9.88 Å². The first-order valence-corrected chi connectivity index (χ1v) is 8.34. The first kappa shape index (κ1) is 15.3. The number of imide groups is 1. The number of hydrogen-bond acceptors (Lipinski definition) is 6. The molecule has 0 aliphatic carbocycles. The van der Waals surface area contributed by atoms with Gasteiger partial charge in [-0.25, -0.2) is 4.98 Å². The average Bonchev–Trinajstić information content (AvgIpc) is 3.15. The second-order valence-corrected chi connectivity index (χ2v) is 6.51. The van der Waals surface area contributed by atoms with E-state index in [1.165, 1.54) is 28.4 Å². The van der Waals surface area contributed by atoms with Gasteiger partial charge in [-0.2, -0.15) is 0 Å². The van der Waals surface area contributed by atoms with Crippen LogP contribution in [0.4, 0.5) is 0 Å². The van der Waals surface area contributed by atoms with Gasteiger partial charge in [-0.15, -0.1) is 11.3 Å². The van der Waals surface area contributed by atoms with E-state index in [0.717, 1.165) is 0 Å². The van der Waals surface area contributed by atoms with Crippen molar-refractivity contribution in [1.29, 1.82) is 0 Å². The third kappa shape index (κ3) is 2.54. The fourth-order valence-corrected chi connectivity index (χ4v) is 3.54. The minimum atomic E-state index is -0.329. The Balaban J connectivity index is 1.60. The predicted octanol–water partition coefficient (Wildman–Crippen LogP) is 3.02. The topological polar surface area (TPSA) is 90.7 Å². The van der Waals surface area contributed by atoms with Gasteiger partial charge in [0.25, 0.3) is 11.8 Å². The van der Waals surface area contributed by atoms with Crippen LogP contribution in [-0.2, 0) is 6.54 Å². The van der Waals surface area contributed by atoms with E-state index in [9.17, 15) is 19.8 Å². The second-order valence-electron chi connectivity index (χ2n) is 5.57. The van der Waals surface area contributed by atoms with Crippen molar-refractivity contribution in [3.63, 3.8) is 0 Å². The largest absolute Gasteiger partial charge is 0.508 e. The van der Waals surface area contributed by atoms with E-state index in [0.29, 0.717) is 27.4 Å². The van der Waals surface area contributed by atoms with Crippen LogP contribution >= 0.6 is 11.3 Å². The monoisotopic (exact) mass is 352 g/mol. The molecule has 1 aromatic heterocycles. The highest BCUT2D eigenvalue weighted by molar-refractivity contribution is 7.10. The van der Waals surface area contributed by atoms with Crippen molar-refractivity contribution in [3.8, 4) is 22.8 Å². The number of carbonyl (C=O) groups excluding carboxylic acids is 2. The third-order valence-corrected chi connectivity index (χ3v) is 4.81. The number of carbonyl (C=O) groups is 2. The van der Waals surface area contributed by atoms with Crippen LogP contribution < -0.4 is 0 Å². The Hall–Kier alpha value is -3.19. The highest BCUT2D eigenvalue weighted by Gasteiger charge is 2.35. The molecule has 0 saturated heterocycles. The van der Waals surface area contributed by atoms with Gasteiger partial charge >= 0.3 is 0 Å². The predicted molar refractivity (Wildman–Crippen MR) is 91.5 cm³/mol. The minimum Gasteiger partial charge on any atom is -0.508 e. The summed E-state index contributed by atoms with van der Waals surface area (Å²) in [5, 5.41) is 21.6. The Morgan fingerprint density at radius 1 is 0.960 bits per heavy atom. The average molecular weight is 352 g/mol. The highest BCUT2D eigenvalue weighted by Crippen LogP contribution is 2.33. The van der Waals surface area contributed by atoms with Crippen LogP contribution in [0.15, 0.2) is 47.8 Å². The van der Waals surface area contributed by atoms with Crippen molar-refractivity contribution in [2.75, 3.05) is 0 Å². The van der Waals surface area contributed by atoms with Gasteiger partial charge in [0.2, 0.25) is 0 Å². The summed E-state index contributed by atoms with van der Waals surface area (Å²) in [5.41, 5.74) is 1.80. The fraction of sp³-hybridized carbons (Fsp3) is 0.0556. The van der Waals surface area contributed by atoms with Crippen molar-refractivity contribution < 1.29 is 19.8 Å². The van der Waals surface area contributed by atoms with Crippen LogP contribution in [0, 0.1) is 0 Å². The molecule has 2 aromatic carbocycles. The summed E-state index contributed by atoms with van der Waals surface area (Å²) in [5.74, 6) is -0.782. The van der Waals surface area contributed by atoms with Gasteiger partial charge in [-0.05, 0) is 24.3 Å². The molecule has 0 saturated carbocycles. The highest BCUT2D eigenvalue weighted by atomic mass is 32.1. The summed E-state index contributed by atoms with van der Waals surface area (Å²) >= 11 is 1.30. The zero-order chi connectivity index (χ0) is 17.6. The van der Waals surface area contributed by atoms with E-state index >= 15 is 0 Å². The number of thiazole rings is 1. The Kier molecular flexibility index (Phi) is 3.51. The number of hydrogen-bond donors (Lipinski definition) is 2. The van der Waals surface area contributed by atoms with E-state index in [2.05, 4.69) is 4.98 Å². The number of phenols is 2. The lowest BCUT2D eigenvalue weighted by molar-refractivity contribution is 0.0642. The molecule has 3 aromatic rings. The zero-order valence-electron chi connectivity index (χ0n) is 12.8. The minimum absolute atomic E-state index is 0.0391. The molecule has 0 spiro atoms. The summed E-state index contributed by atoms with van der Waals surface area (Å²) in [6.07, 6.45) is 0. The molecule has 0 atom stereocenters. The summed E-state index contributed by atoms with van der Waals surface area (Å²) in [6.45, 7) is 0.0792. The summed E-state index contributed by atoms with van der Waals surface area (Å²) in [4.78, 5) is 30.4. The molecule has 0 bridgehead atoms. The molecule has 6 nitrogen and oxygen atoms in total. The molecule has 0 unspecified atom stereocenters. The van der Waals surface area contributed by atoms with Crippen LogP contribution in [-0.4, -0.2) is 31.9 Å². The molecule has 0 fully saturated rings. The number of aromatic hydroxyl groups is 2. The maximum atomic E-state index is 12.4. The van der Waals surface area contributed by atoms with E-state index in [1.807, 2.05) is 0 Å². The summed E-state index contributed by atoms with van der Waals surface area (Å²) < 4.78 is 0. The Morgan fingerprint density at radius 3 is 2.28 bits per heavy atom. The van der Waals surface area contributed by atoms with Gasteiger partial charge in [-0.3, -0.25) is 14.5 Å². The molecule has 1 aliphatic rings. The van der Waals surface area contributed by atoms with Crippen LogP contribution in [0.2, 0.25) is 0 Å². The molecular formula is C18H12N2O4S. The number of phenolic OH excluding ortho intramolecular Hbond substituents is 2. The van der Waals surface area contributed by atoms with E-state index in [1.54, 1.807) is 35.7 Å². The van der Waals surface area contributed by atoms with Gasteiger partial charge in [0.1, 0.15) is 16.5 Å². The number of fused-ring (bicyclic) bond motifs is 1.